The molecule has 1 heterocycles. The molecule has 1 aromatic carbocycles. The highest BCUT2D eigenvalue weighted by Crippen LogP contribution is 2.19. The van der Waals surface area contributed by atoms with Crippen molar-refractivity contribution >= 4 is 11.7 Å². The second-order valence-corrected chi connectivity index (χ2v) is 3.08. The lowest BCUT2D eigenvalue weighted by Gasteiger charge is -2.03. The van der Waals surface area contributed by atoms with Gasteiger partial charge in [0.1, 0.15) is 0 Å². The fraction of sp³-hybridized carbons (Fsp3) is 0.222. The van der Waals surface area contributed by atoms with Crippen LogP contribution in [0.2, 0.25) is 0 Å². The van der Waals surface area contributed by atoms with Gasteiger partial charge in [0, 0.05) is 18.8 Å². The Morgan fingerprint density at radius 2 is 2.15 bits per heavy atom. The van der Waals surface area contributed by atoms with Crippen LogP contribution < -0.4 is 16.4 Å². The molecule has 0 saturated carbocycles. The Labute approximate surface area is 76.1 Å². The van der Waals surface area contributed by atoms with E-state index in [1.165, 1.54) is 11.1 Å². The van der Waals surface area contributed by atoms with Crippen LogP contribution in [0.5, 0.6) is 0 Å². The summed E-state index contributed by atoms with van der Waals surface area (Å²) >= 11 is 0. The number of fused-ring (bicyclic) bond motifs is 1. The van der Waals surface area contributed by atoms with Gasteiger partial charge < -0.3 is 16.4 Å². The minimum Gasteiger partial charge on any atom is -0.351 e. The van der Waals surface area contributed by atoms with Crippen LogP contribution in [0.25, 0.3) is 0 Å². The second kappa shape index (κ2) is 3.06. The van der Waals surface area contributed by atoms with Crippen LogP contribution in [-0.2, 0) is 13.1 Å². The molecule has 13 heavy (non-hydrogen) atoms. The molecule has 4 N–H and O–H groups in total. The van der Waals surface area contributed by atoms with Gasteiger partial charge in [-0.3, -0.25) is 0 Å². The van der Waals surface area contributed by atoms with E-state index in [1.807, 2.05) is 18.2 Å². The first-order chi connectivity index (χ1) is 6.25. The zero-order chi connectivity index (χ0) is 9.26. The predicted molar refractivity (Wildman–Crippen MR) is 50.2 cm³/mol. The van der Waals surface area contributed by atoms with Gasteiger partial charge in [0.05, 0.1) is 0 Å². The van der Waals surface area contributed by atoms with Crippen molar-refractivity contribution in [2.24, 2.45) is 5.73 Å². The molecule has 0 atom stereocenters. The maximum Gasteiger partial charge on any atom is 0.316 e. The van der Waals surface area contributed by atoms with E-state index in [2.05, 4.69) is 10.6 Å². The van der Waals surface area contributed by atoms with Crippen molar-refractivity contribution in [1.82, 2.24) is 5.32 Å². The normalized spacial score (nSPS) is 13.8. The maximum atomic E-state index is 10.6. The fourth-order valence-electron chi connectivity index (χ4n) is 1.51. The van der Waals surface area contributed by atoms with Crippen molar-refractivity contribution in [3.05, 3.63) is 29.3 Å². The number of rotatable bonds is 1. The summed E-state index contributed by atoms with van der Waals surface area (Å²) in [6.07, 6.45) is 0. The standard InChI is InChI=1S/C9H11N3O/c10-9(13)12-8-2-1-6-4-11-5-7(6)3-8/h1-3,11H,4-5H2,(H3,10,12,13). The topological polar surface area (TPSA) is 67.2 Å². The minimum atomic E-state index is -0.522. The Morgan fingerprint density at radius 3 is 2.92 bits per heavy atom. The number of urea groups is 1. The molecule has 0 aromatic heterocycles. The summed E-state index contributed by atoms with van der Waals surface area (Å²) in [5.41, 5.74) is 8.28. The van der Waals surface area contributed by atoms with Gasteiger partial charge in [0.15, 0.2) is 0 Å². The summed E-state index contributed by atoms with van der Waals surface area (Å²) in [6.45, 7) is 1.77. The Bertz CT molecular complexity index is 349. The number of carbonyl (C=O) groups is 1. The number of carbonyl (C=O) groups excluding carboxylic acids is 1. The molecule has 0 aliphatic carbocycles. The molecule has 0 spiro atoms. The summed E-state index contributed by atoms with van der Waals surface area (Å²) in [7, 11) is 0. The molecular weight excluding hydrogens is 166 g/mol. The van der Waals surface area contributed by atoms with Crippen LogP contribution in [0.15, 0.2) is 18.2 Å². The smallest absolute Gasteiger partial charge is 0.316 e. The van der Waals surface area contributed by atoms with Gasteiger partial charge in [-0.05, 0) is 23.3 Å². The minimum absolute atomic E-state index is 0.522. The maximum absolute atomic E-state index is 10.6. The number of benzene rings is 1. The molecule has 1 aromatic rings. The molecule has 0 unspecified atom stereocenters. The summed E-state index contributed by atoms with van der Waals surface area (Å²) < 4.78 is 0. The van der Waals surface area contributed by atoms with Crippen LogP contribution >= 0.6 is 0 Å². The lowest BCUT2D eigenvalue weighted by Crippen LogP contribution is -2.19. The van der Waals surface area contributed by atoms with Crippen molar-refractivity contribution in [2.75, 3.05) is 5.32 Å². The lowest BCUT2D eigenvalue weighted by atomic mass is 10.1. The summed E-state index contributed by atoms with van der Waals surface area (Å²) in [5.74, 6) is 0. The fourth-order valence-corrected chi connectivity index (χ4v) is 1.51. The number of hydrogen-bond acceptors (Lipinski definition) is 2. The van der Waals surface area contributed by atoms with Gasteiger partial charge in [-0.2, -0.15) is 0 Å². The molecule has 1 aliphatic heterocycles. The molecule has 0 radical (unpaired) electrons. The van der Waals surface area contributed by atoms with E-state index in [1.54, 1.807) is 0 Å². The highest BCUT2D eigenvalue weighted by molar-refractivity contribution is 5.87. The van der Waals surface area contributed by atoms with E-state index in [-0.39, 0.29) is 0 Å². The van der Waals surface area contributed by atoms with Crippen LogP contribution in [0, 0.1) is 0 Å². The van der Waals surface area contributed by atoms with Crippen LogP contribution in [0.4, 0.5) is 10.5 Å². The van der Waals surface area contributed by atoms with Gasteiger partial charge in [0.2, 0.25) is 0 Å². The van der Waals surface area contributed by atoms with Crippen molar-refractivity contribution < 1.29 is 4.79 Å². The highest BCUT2D eigenvalue weighted by Gasteiger charge is 2.09. The zero-order valence-electron chi connectivity index (χ0n) is 7.13. The Balaban J connectivity index is 2.25. The highest BCUT2D eigenvalue weighted by atomic mass is 16.2. The monoisotopic (exact) mass is 177 g/mol. The van der Waals surface area contributed by atoms with Crippen molar-refractivity contribution in [2.45, 2.75) is 13.1 Å². The summed E-state index contributed by atoms with van der Waals surface area (Å²) in [4.78, 5) is 10.6. The molecule has 68 valence electrons. The largest absolute Gasteiger partial charge is 0.351 e. The van der Waals surface area contributed by atoms with Gasteiger partial charge in [-0.25, -0.2) is 4.79 Å². The van der Waals surface area contributed by atoms with Gasteiger partial charge in [0.25, 0.3) is 0 Å². The number of amides is 2. The van der Waals surface area contributed by atoms with E-state index in [4.69, 9.17) is 5.73 Å². The first kappa shape index (κ1) is 8.07. The summed E-state index contributed by atoms with van der Waals surface area (Å²) in [5, 5.41) is 5.77. The number of nitrogens with two attached hydrogens (primary N) is 1. The average molecular weight is 177 g/mol. The Hall–Kier alpha value is -1.55. The van der Waals surface area contributed by atoms with Crippen molar-refractivity contribution in [3.8, 4) is 0 Å². The van der Waals surface area contributed by atoms with Gasteiger partial charge in [-0.1, -0.05) is 6.07 Å². The third-order valence-electron chi connectivity index (χ3n) is 2.10. The molecule has 2 rings (SSSR count). The van der Waals surface area contributed by atoms with Crippen LogP contribution in [0.1, 0.15) is 11.1 Å². The Kier molecular flexibility index (Phi) is 1.90. The number of hydrogen-bond donors (Lipinski definition) is 3. The van der Waals surface area contributed by atoms with E-state index in [0.717, 1.165) is 18.8 Å². The van der Waals surface area contributed by atoms with Gasteiger partial charge >= 0.3 is 6.03 Å². The summed E-state index contributed by atoms with van der Waals surface area (Å²) in [6, 6.07) is 5.28. The van der Waals surface area contributed by atoms with Gasteiger partial charge in [-0.15, -0.1) is 0 Å². The van der Waals surface area contributed by atoms with Crippen molar-refractivity contribution in [1.29, 1.82) is 0 Å². The number of nitrogens with one attached hydrogen (secondary N) is 2. The number of primary amides is 1. The lowest BCUT2D eigenvalue weighted by molar-refractivity contribution is 0.259. The second-order valence-electron chi connectivity index (χ2n) is 3.08. The third kappa shape index (κ3) is 1.62. The quantitative estimate of drug-likeness (QED) is 0.593. The molecule has 0 saturated heterocycles. The molecule has 0 fully saturated rings. The molecule has 4 heteroatoms. The molecule has 2 amide bonds. The molecule has 4 nitrogen and oxygen atoms in total. The van der Waals surface area contributed by atoms with E-state index < -0.39 is 6.03 Å². The first-order valence-corrected chi connectivity index (χ1v) is 4.15. The molecular formula is C9H11N3O. The predicted octanol–water partition coefficient (Wildman–Crippen LogP) is 0.780. The number of anilines is 1. The van der Waals surface area contributed by atoms with E-state index >= 15 is 0 Å². The third-order valence-corrected chi connectivity index (χ3v) is 2.10. The molecule has 0 bridgehead atoms. The zero-order valence-corrected chi connectivity index (χ0v) is 7.13. The first-order valence-electron chi connectivity index (χ1n) is 4.15. The Morgan fingerprint density at radius 1 is 1.38 bits per heavy atom. The van der Waals surface area contributed by atoms with Crippen molar-refractivity contribution in [3.63, 3.8) is 0 Å². The van der Waals surface area contributed by atoms with Crippen LogP contribution in [0.3, 0.4) is 0 Å². The van der Waals surface area contributed by atoms with E-state index in [9.17, 15) is 4.79 Å². The van der Waals surface area contributed by atoms with E-state index in [0.29, 0.717) is 0 Å². The van der Waals surface area contributed by atoms with Crippen LogP contribution in [-0.4, -0.2) is 6.03 Å². The molecule has 1 aliphatic rings. The average Bonchev–Trinajstić information content (AvgIpc) is 2.49. The SMILES string of the molecule is NC(=O)Nc1ccc2c(c1)CNC2.